The van der Waals surface area contributed by atoms with Gasteiger partial charge in [0.15, 0.2) is 17.1 Å². The highest BCUT2D eigenvalue weighted by atomic mass is 16.5. The largest absolute Gasteiger partial charge is 0.497 e. The molecule has 0 radical (unpaired) electrons. The third-order valence-corrected chi connectivity index (χ3v) is 4.44. The maximum Gasteiger partial charge on any atom is 0.191 e. The Morgan fingerprint density at radius 2 is 1.75 bits per heavy atom. The average molecular weight is 370 g/mol. The molecule has 1 atom stereocenters. The molecule has 0 spiro atoms. The van der Waals surface area contributed by atoms with Gasteiger partial charge in [-0.2, -0.15) is 10.5 Å². The Hall–Kier alpha value is -3.87. The van der Waals surface area contributed by atoms with Crippen LogP contribution in [0.3, 0.4) is 0 Å². The van der Waals surface area contributed by atoms with Crippen molar-refractivity contribution in [1.29, 1.82) is 10.5 Å². The number of nitrogens with zero attached hydrogens (tertiary/aromatic N) is 3. The van der Waals surface area contributed by atoms with Crippen molar-refractivity contribution in [1.82, 2.24) is 5.32 Å². The van der Waals surface area contributed by atoms with Crippen LogP contribution in [0.25, 0.3) is 6.08 Å². The van der Waals surface area contributed by atoms with Crippen molar-refractivity contribution < 1.29 is 9.84 Å². The predicted molar refractivity (Wildman–Crippen MR) is 106 cm³/mol. The SMILES string of the molecule is COc1ccc(C=C2C(C)=NC(C#N)=C(C#N)NC2(O)c2ccccc2)cc1. The molecule has 0 aliphatic carbocycles. The van der Waals surface area contributed by atoms with Crippen LogP contribution in [0.5, 0.6) is 5.75 Å². The van der Waals surface area contributed by atoms with Gasteiger partial charge in [0.2, 0.25) is 0 Å². The molecule has 2 aromatic carbocycles. The van der Waals surface area contributed by atoms with Gasteiger partial charge < -0.3 is 15.2 Å². The van der Waals surface area contributed by atoms with E-state index in [-0.39, 0.29) is 11.4 Å². The number of rotatable bonds is 3. The number of nitrogens with one attached hydrogen (secondary N) is 1. The van der Waals surface area contributed by atoms with Crippen molar-refractivity contribution in [2.75, 3.05) is 7.11 Å². The second-order valence-electron chi connectivity index (χ2n) is 6.18. The van der Waals surface area contributed by atoms with Crippen molar-refractivity contribution in [2.45, 2.75) is 12.6 Å². The number of allylic oxidation sites excluding steroid dienone is 2. The molecule has 3 rings (SSSR count). The first-order valence-electron chi connectivity index (χ1n) is 8.54. The molecular weight excluding hydrogens is 352 g/mol. The van der Waals surface area contributed by atoms with Crippen molar-refractivity contribution in [3.63, 3.8) is 0 Å². The summed E-state index contributed by atoms with van der Waals surface area (Å²) in [6.45, 7) is 1.70. The normalized spacial score (nSPS) is 20.5. The van der Waals surface area contributed by atoms with Crippen molar-refractivity contribution in [2.24, 2.45) is 4.99 Å². The molecule has 2 aromatic rings. The Morgan fingerprint density at radius 3 is 2.32 bits per heavy atom. The maximum atomic E-state index is 11.7. The number of aliphatic hydroxyl groups is 1. The Kier molecular flexibility index (Phi) is 5.26. The van der Waals surface area contributed by atoms with E-state index in [1.807, 2.05) is 42.5 Å². The van der Waals surface area contributed by atoms with E-state index in [1.54, 1.807) is 44.4 Å². The second kappa shape index (κ2) is 7.79. The van der Waals surface area contributed by atoms with Crippen molar-refractivity contribution in [3.05, 3.63) is 82.7 Å². The molecule has 0 amide bonds. The van der Waals surface area contributed by atoms with Crippen LogP contribution in [0.2, 0.25) is 0 Å². The lowest BCUT2D eigenvalue weighted by molar-refractivity contribution is 0.0585. The van der Waals surface area contributed by atoms with E-state index in [4.69, 9.17) is 4.74 Å². The van der Waals surface area contributed by atoms with Crippen LogP contribution >= 0.6 is 0 Å². The van der Waals surface area contributed by atoms with Crippen molar-refractivity contribution in [3.8, 4) is 17.9 Å². The van der Waals surface area contributed by atoms with Crippen LogP contribution in [-0.2, 0) is 5.72 Å². The van der Waals surface area contributed by atoms with Crippen LogP contribution < -0.4 is 10.1 Å². The molecule has 1 heterocycles. The highest BCUT2D eigenvalue weighted by molar-refractivity contribution is 6.05. The van der Waals surface area contributed by atoms with Gasteiger partial charge in [-0.25, -0.2) is 4.99 Å². The Morgan fingerprint density at radius 1 is 1.07 bits per heavy atom. The summed E-state index contributed by atoms with van der Waals surface area (Å²) in [6, 6.07) is 20.1. The fourth-order valence-electron chi connectivity index (χ4n) is 3.00. The van der Waals surface area contributed by atoms with E-state index < -0.39 is 5.72 Å². The summed E-state index contributed by atoms with van der Waals surface area (Å²) in [5.41, 5.74) is 0.284. The van der Waals surface area contributed by atoms with Crippen LogP contribution in [0.1, 0.15) is 18.1 Å². The monoisotopic (exact) mass is 370 g/mol. The molecule has 0 bridgehead atoms. The van der Waals surface area contributed by atoms with Gasteiger partial charge in [-0.3, -0.25) is 0 Å². The average Bonchev–Trinajstić information content (AvgIpc) is 2.84. The Bertz CT molecular complexity index is 1050. The fourth-order valence-corrected chi connectivity index (χ4v) is 3.00. The number of nitriles is 2. The molecule has 28 heavy (non-hydrogen) atoms. The lowest BCUT2D eigenvalue weighted by atomic mass is 9.89. The highest BCUT2D eigenvalue weighted by Crippen LogP contribution is 2.33. The minimum absolute atomic E-state index is 0.0764. The summed E-state index contributed by atoms with van der Waals surface area (Å²) < 4.78 is 5.18. The van der Waals surface area contributed by atoms with E-state index in [1.165, 1.54) is 0 Å². The Balaban J connectivity index is 2.23. The lowest BCUT2D eigenvalue weighted by Crippen LogP contribution is -2.44. The number of benzene rings is 2. The lowest BCUT2D eigenvalue weighted by Gasteiger charge is -2.31. The smallest absolute Gasteiger partial charge is 0.191 e. The zero-order valence-corrected chi connectivity index (χ0v) is 15.5. The number of aliphatic imine (C=N–C) groups is 1. The van der Waals surface area contributed by atoms with Gasteiger partial charge in [0, 0.05) is 16.8 Å². The summed E-state index contributed by atoms with van der Waals surface area (Å²) in [5, 5.41) is 33.3. The summed E-state index contributed by atoms with van der Waals surface area (Å²) >= 11 is 0. The molecule has 0 saturated carbocycles. The van der Waals surface area contributed by atoms with E-state index in [0.29, 0.717) is 22.6 Å². The standard InChI is InChI=1S/C22H18N4O2/c1-15-19(12-16-8-10-18(28-2)11-9-16)22(27,17-6-4-3-5-7-17)26-21(14-24)20(13-23)25-15/h3-12,26-27H,1-2H3. The molecule has 0 aromatic heterocycles. The van der Waals surface area contributed by atoms with Gasteiger partial charge >= 0.3 is 0 Å². The van der Waals surface area contributed by atoms with Gasteiger partial charge in [-0.05, 0) is 30.7 Å². The molecule has 138 valence electrons. The third-order valence-electron chi connectivity index (χ3n) is 4.44. The quantitative estimate of drug-likeness (QED) is 0.864. The van der Waals surface area contributed by atoms with E-state index in [0.717, 1.165) is 5.56 Å². The van der Waals surface area contributed by atoms with E-state index in [9.17, 15) is 15.6 Å². The zero-order valence-electron chi connectivity index (χ0n) is 15.5. The molecule has 2 N–H and O–H groups in total. The van der Waals surface area contributed by atoms with E-state index >= 15 is 0 Å². The number of ether oxygens (including phenoxy) is 1. The predicted octanol–water partition coefficient (Wildman–Crippen LogP) is 3.25. The summed E-state index contributed by atoms with van der Waals surface area (Å²) in [7, 11) is 1.59. The molecule has 6 heteroatoms. The van der Waals surface area contributed by atoms with E-state index in [2.05, 4.69) is 10.3 Å². The van der Waals surface area contributed by atoms with Crippen LogP contribution in [0.15, 0.2) is 76.6 Å². The third kappa shape index (κ3) is 3.50. The number of hydrogen-bond acceptors (Lipinski definition) is 6. The maximum absolute atomic E-state index is 11.7. The second-order valence-corrected chi connectivity index (χ2v) is 6.18. The van der Waals surface area contributed by atoms with Gasteiger partial charge in [0.1, 0.15) is 17.9 Å². The number of methoxy groups -OCH3 is 1. The molecule has 0 saturated heterocycles. The molecule has 1 aliphatic rings. The van der Waals surface area contributed by atoms with Crippen LogP contribution in [0, 0.1) is 22.7 Å². The molecule has 1 unspecified atom stereocenters. The topological polar surface area (TPSA) is 101 Å². The summed E-state index contributed by atoms with van der Waals surface area (Å²) in [5.74, 6) is 0.713. The van der Waals surface area contributed by atoms with Crippen LogP contribution in [-0.4, -0.2) is 17.9 Å². The first kappa shape index (κ1) is 18.9. The molecule has 6 nitrogen and oxygen atoms in total. The fraction of sp³-hybridized carbons (Fsp3) is 0.136. The van der Waals surface area contributed by atoms with Gasteiger partial charge in [-0.15, -0.1) is 0 Å². The van der Waals surface area contributed by atoms with Crippen LogP contribution in [0.4, 0.5) is 0 Å². The Labute approximate surface area is 163 Å². The molecule has 0 fully saturated rings. The minimum Gasteiger partial charge on any atom is -0.497 e. The first-order valence-corrected chi connectivity index (χ1v) is 8.54. The number of hydrogen-bond donors (Lipinski definition) is 2. The minimum atomic E-state index is -1.74. The van der Waals surface area contributed by atoms with Crippen molar-refractivity contribution >= 4 is 11.8 Å². The van der Waals surface area contributed by atoms with Gasteiger partial charge in [0.25, 0.3) is 0 Å². The highest BCUT2D eigenvalue weighted by Gasteiger charge is 2.38. The zero-order chi connectivity index (χ0) is 20.1. The molecule has 1 aliphatic heterocycles. The summed E-state index contributed by atoms with van der Waals surface area (Å²) in [6.07, 6.45) is 1.77. The van der Waals surface area contributed by atoms with Gasteiger partial charge in [-0.1, -0.05) is 42.5 Å². The molecular formula is C22H18N4O2. The summed E-state index contributed by atoms with van der Waals surface area (Å²) in [4.78, 5) is 4.28. The first-order chi connectivity index (χ1) is 13.5. The van der Waals surface area contributed by atoms with Gasteiger partial charge in [0.05, 0.1) is 7.11 Å².